The Hall–Kier alpha value is -1.50. The van der Waals surface area contributed by atoms with E-state index in [1.54, 1.807) is 0 Å². The van der Waals surface area contributed by atoms with E-state index in [-0.39, 0.29) is 12.5 Å². The molecule has 0 fully saturated rings. The van der Waals surface area contributed by atoms with Crippen molar-refractivity contribution >= 4 is 11.6 Å². The van der Waals surface area contributed by atoms with Gasteiger partial charge in [0.1, 0.15) is 13.2 Å². The monoisotopic (exact) mass is 247 g/mol. The number of carbonyl (C=O) groups is 1. The summed E-state index contributed by atoms with van der Waals surface area (Å²) < 4.78 is 30.2. The van der Waals surface area contributed by atoms with Gasteiger partial charge in [-0.05, 0) is 6.42 Å². The average Bonchev–Trinajstić information content (AvgIpc) is 2.64. The fourth-order valence-corrected chi connectivity index (χ4v) is 1.18. The summed E-state index contributed by atoms with van der Waals surface area (Å²) in [7, 11) is 0. The summed E-state index contributed by atoms with van der Waals surface area (Å²) in [5.41, 5.74) is 0.385. The fourth-order valence-electron chi connectivity index (χ4n) is 1.18. The molecule has 17 heavy (non-hydrogen) atoms. The highest BCUT2D eigenvalue weighted by Crippen LogP contribution is 2.06. The molecule has 0 radical (unpaired) electrons. The van der Waals surface area contributed by atoms with Crippen LogP contribution in [-0.4, -0.2) is 35.3 Å². The SMILES string of the molecule is CCCOCC(=O)Nc1cnn(CC(F)F)c1. The summed E-state index contributed by atoms with van der Waals surface area (Å²) in [5.74, 6) is -0.324. The van der Waals surface area contributed by atoms with Crippen molar-refractivity contribution in [3.8, 4) is 0 Å². The van der Waals surface area contributed by atoms with E-state index in [9.17, 15) is 13.6 Å². The molecule has 0 spiro atoms. The van der Waals surface area contributed by atoms with E-state index >= 15 is 0 Å². The zero-order valence-electron chi connectivity index (χ0n) is 9.53. The van der Waals surface area contributed by atoms with Crippen LogP contribution in [0.4, 0.5) is 14.5 Å². The van der Waals surface area contributed by atoms with Crippen LogP contribution in [0.1, 0.15) is 13.3 Å². The molecule has 0 aliphatic rings. The zero-order chi connectivity index (χ0) is 12.7. The second-order valence-corrected chi connectivity index (χ2v) is 3.44. The van der Waals surface area contributed by atoms with Crippen LogP contribution in [0, 0.1) is 0 Å². The third-order valence-corrected chi connectivity index (χ3v) is 1.82. The van der Waals surface area contributed by atoms with Crippen LogP contribution in [0.25, 0.3) is 0 Å². The minimum absolute atomic E-state index is 0.0478. The number of ether oxygens (including phenoxy) is 1. The minimum atomic E-state index is -2.47. The van der Waals surface area contributed by atoms with E-state index in [1.165, 1.54) is 12.4 Å². The van der Waals surface area contributed by atoms with Crippen LogP contribution in [-0.2, 0) is 16.1 Å². The molecule has 0 saturated carbocycles. The first-order valence-corrected chi connectivity index (χ1v) is 5.30. The molecular weight excluding hydrogens is 232 g/mol. The number of aromatic nitrogens is 2. The largest absolute Gasteiger partial charge is 0.372 e. The Morgan fingerprint density at radius 1 is 1.65 bits per heavy atom. The second-order valence-electron chi connectivity index (χ2n) is 3.44. The molecule has 0 aliphatic carbocycles. The van der Waals surface area contributed by atoms with E-state index in [0.717, 1.165) is 11.1 Å². The number of alkyl halides is 2. The molecule has 1 aromatic heterocycles. The molecule has 1 N–H and O–H groups in total. The number of anilines is 1. The number of nitrogens with one attached hydrogen (secondary N) is 1. The lowest BCUT2D eigenvalue weighted by molar-refractivity contribution is -0.120. The Kier molecular flexibility index (Phi) is 5.55. The highest BCUT2D eigenvalue weighted by molar-refractivity contribution is 5.91. The normalized spacial score (nSPS) is 10.8. The first-order chi connectivity index (χ1) is 8.11. The number of hydrogen-bond acceptors (Lipinski definition) is 3. The molecule has 1 rings (SSSR count). The summed E-state index contributed by atoms with van der Waals surface area (Å²) >= 11 is 0. The highest BCUT2D eigenvalue weighted by atomic mass is 19.3. The van der Waals surface area contributed by atoms with Crippen molar-refractivity contribution in [3.63, 3.8) is 0 Å². The van der Waals surface area contributed by atoms with Gasteiger partial charge in [0.15, 0.2) is 0 Å². The van der Waals surface area contributed by atoms with Gasteiger partial charge in [0.25, 0.3) is 6.43 Å². The maximum atomic E-state index is 12.0. The Bertz CT molecular complexity index is 355. The van der Waals surface area contributed by atoms with Crippen molar-refractivity contribution in [3.05, 3.63) is 12.4 Å². The first kappa shape index (κ1) is 13.6. The van der Waals surface area contributed by atoms with E-state index in [4.69, 9.17) is 4.74 Å². The summed E-state index contributed by atoms with van der Waals surface area (Å²) in [5, 5.41) is 6.19. The van der Waals surface area contributed by atoms with Gasteiger partial charge in [-0.3, -0.25) is 9.48 Å². The molecular formula is C10H15F2N3O2. The minimum Gasteiger partial charge on any atom is -0.372 e. The highest BCUT2D eigenvalue weighted by Gasteiger charge is 2.07. The Morgan fingerprint density at radius 2 is 2.41 bits per heavy atom. The van der Waals surface area contributed by atoms with E-state index in [2.05, 4.69) is 10.4 Å². The number of amides is 1. The van der Waals surface area contributed by atoms with Gasteiger partial charge >= 0.3 is 0 Å². The summed E-state index contributed by atoms with van der Waals surface area (Å²) in [6.45, 7) is 1.92. The maximum Gasteiger partial charge on any atom is 0.257 e. The smallest absolute Gasteiger partial charge is 0.257 e. The molecule has 0 aliphatic heterocycles. The van der Waals surface area contributed by atoms with Gasteiger partial charge in [-0.2, -0.15) is 5.10 Å². The van der Waals surface area contributed by atoms with Crippen LogP contribution in [0.3, 0.4) is 0 Å². The number of nitrogens with zero attached hydrogens (tertiary/aromatic N) is 2. The molecule has 1 heterocycles. The van der Waals surface area contributed by atoms with Gasteiger partial charge in [0, 0.05) is 12.8 Å². The van der Waals surface area contributed by atoms with Gasteiger partial charge in [0.05, 0.1) is 11.9 Å². The van der Waals surface area contributed by atoms with Crippen LogP contribution < -0.4 is 5.32 Å². The van der Waals surface area contributed by atoms with E-state index < -0.39 is 13.0 Å². The van der Waals surface area contributed by atoms with Crippen molar-refractivity contribution < 1.29 is 18.3 Å². The lowest BCUT2D eigenvalue weighted by Gasteiger charge is -2.02. The quantitative estimate of drug-likeness (QED) is 0.743. The van der Waals surface area contributed by atoms with Crippen molar-refractivity contribution in [1.29, 1.82) is 0 Å². The number of rotatable bonds is 7. The third-order valence-electron chi connectivity index (χ3n) is 1.82. The number of hydrogen-bond donors (Lipinski definition) is 1. The van der Waals surface area contributed by atoms with Gasteiger partial charge in [0.2, 0.25) is 5.91 Å². The average molecular weight is 247 g/mol. The van der Waals surface area contributed by atoms with Gasteiger partial charge in [-0.25, -0.2) is 8.78 Å². The molecule has 0 atom stereocenters. The standard InChI is InChI=1S/C10H15F2N3O2/c1-2-3-17-7-10(16)14-8-4-13-15(5-8)6-9(11)12/h4-5,9H,2-3,6-7H2,1H3,(H,14,16). The van der Waals surface area contributed by atoms with Crippen LogP contribution in [0.15, 0.2) is 12.4 Å². The van der Waals surface area contributed by atoms with E-state index in [0.29, 0.717) is 12.3 Å². The number of halogens is 2. The second kappa shape index (κ2) is 6.95. The summed E-state index contributed by atoms with van der Waals surface area (Å²) in [6, 6.07) is 0. The molecule has 0 aromatic carbocycles. The molecule has 0 unspecified atom stereocenters. The molecule has 1 amide bonds. The predicted octanol–water partition coefficient (Wildman–Crippen LogP) is 1.51. The van der Waals surface area contributed by atoms with Gasteiger partial charge in [-0.15, -0.1) is 0 Å². The summed E-state index contributed by atoms with van der Waals surface area (Å²) in [4.78, 5) is 11.3. The van der Waals surface area contributed by atoms with Gasteiger partial charge in [-0.1, -0.05) is 6.92 Å². The molecule has 1 aromatic rings. The van der Waals surface area contributed by atoms with Crippen LogP contribution >= 0.6 is 0 Å². The third kappa shape index (κ3) is 5.39. The van der Waals surface area contributed by atoms with E-state index in [1.807, 2.05) is 6.92 Å². The van der Waals surface area contributed by atoms with Crippen molar-refractivity contribution in [2.45, 2.75) is 26.3 Å². The molecule has 7 heteroatoms. The Labute approximate surface area is 97.7 Å². The van der Waals surface area contributed by atoms with Crippen molar-refractivity contribution in [2.24, 2.45) is 0 Å². The lowest BCUT2D eigenvalue weighted by Crippen LogP contribution is -2.18. The molecule has 96 valence electrons. The first-order valence-electron chi connectivity index (χ1n) is 5.30. The maximum absolute atomic E-state index is 12.0. The fraction of sp³-hybridized carbons (Fsp3) is 0.600. The zero-order valence-corrected chi connectivity index (χ0v) is 9.53. The number of carbonyl (C=O) groups excluding carboxylic acids is 1. The van der Waals surface area contributed by atoms with Crippen LogP contribution in [0.5, 0.6) is 0 Å². The predicted molar refractivity (Wildman–Crippen MR) is 58.0 cm³/mol. The Morgan fingerprint density at radius 3 is 3.06 bits per heavy atom. The molecule has 5 nitrogen and oxygen atoms in total. The Balaban J connectivity index is 2.35. The summed E-state index contributed by atoms with van der Waals surface area (Å²) in [6.07, 6.45) is 1.04. The van der Waals surface area contributed by atoms with Crippen molar-refractivity contribution in [2.75, 3.05) is 18.5 Å². The lowest BCUT2D eigenvalue weighted by atomic mass is 10.5. The van der Waals surface area contributed by atoms with Gasteiger partial charge < -0.3 is 10.1 Å². The van der Waals surface area contributed by atoms with Crippen LogP contribution in [0.2, 0.25) is 0 Å². The van der Waals surface area contributed by atoms with Crippen molar-refractivity contribution in [1.82, 2.24) is 9.78 Å². The molecule has 0 bridgehead atoms. The molecule has 0 saturated heterocycles. The topological polar surface area (TPSA) is 56.1 Å².